The van der Waals surface area contributed by atoms with Crippen LogP contribution >= 0.6 is 0 Å². The molecule has 0 aromatic rings. The predicted octanol–water partition coefficient (Wildman–Crippen LogP) is 9.33. The van der Waals surface area contributed by atoms with Crippen molar-refractivity contribution in [2.45, 2.75) is 306 Å². The first-order chi connectivity index (χ1) is 34.5. The van der Waals surface area contributed by atoms with E-state index >= 15 is 0 Å². The van der Waals surface area contributed by atoms with E-state index in [0.717, 1.165) is 44.9 Å². The molecule has 15 heteroatoms. The SMILES string of the molecule is CCCCCCCC/C=C/CCCCCC(=O)O[C@@H](COC(=O)CCCCCCCCCCCCCCCCCCCCCCCC)CO[C@@H]1O[C@H](CO[C@@H]2O[C@H](CO)[C@H](O)C(O)C2O)[C@H](O)C(O)C1O. The van der Waals surface area contributed by atoms with Gasteiger partial charge in [0.25, 0.3) is 0 Å². The summed E-state index contributed by atoms with van der Waals surface area (Å²) in [6.45, 7) is 2.61. The van der Waals surface area contributed by atoms with Gasteiger partial charge in [-0.05, 0) is 38.5 Å². The molecule has 4 unspecified atom stereocenters. The Labute approximate surface area is 429 Å². The largest absolute Gasteiger partial charge is 0.462 e. The van der Waals surface area contributed by atoms with Gasteiger partial charge in [0.1, 0.15) is 55.4 Å². The van der Waals surface area contributed by atoms with Crippen LogP contribution in [0.4, 0.5) is 0 Å². The number of aliphatic hydroxyl groups excluding tert-OH is 7. The van der Waals surface area contributed by atoms with Crippen molar-refractivity contribution in [2.75, 3.05) is 26.4 Å². The fourth-order valence-corrected chi connectivity index (χ4v) is 9.27. The van der Waals surface area contributed by atoms with Crippen molar-refractivity contribution in [1.29, 1.82) is 0 Å². The van der Waals surface area contributed by atoms with E-state index in [-0.39, 0.29) is 26.1 Å². The quantitative estimate of drug-likeness (QED) is 0.0171. The third kappa shape index (κ3) is 31.0. The maximum absolute atomic E-state index is 13.0. The van der Waals surface area contributed by atoms with E-state index < -0.39 is 92.7 Å². The van der Waals surface area contributed by atoms with Gasteiger partial charge in [-0.3, -0.25) is 9.59 Å². The molecule has 0 amide bonds. The second kappa shape index (κ2) is 43.5. The van der Waals surface area contributed by atoms with Crippen LogP contribution in [0.2, 0.25) is 0 Å². The Bertz CT molecular complexity index is 1290. The molecule has 7 N–H and O–H groups in total. The fraction of sp³-hybridized carbons (Fsp3) is 0.929. The van der Waals surface area contributed by atoms with Crippen molar-refractivity contribution in [3.8, 4) is 0 Å². The normalized spacial score (nSPS) is 25.2. The highest BCUT2D eigenvalue weighted by Crippen LogP contribution is 2.27. The summed E-state index contributed by atoms with van der Waals surface area (Å²) in [6, 6.07) is 0. The van der Waals surface area contributed by atoms with Gasteiger partial charge in [-0.1, -0.05) is 199 Å². The summed E-state index contributed by atoms with van der Waals surface area (Å²) < 4.78 is 33.6. The summed E-state index contributed by atoms with van der Waals surface area (Å²) in [5.74, 6) is -0.930. The van der Waals surface area contributed by atoms with E-state index in [1.165, 1.54) is 154 Å². The van der Waals surface area contributed by atoms with E-state index in [1.54, 1.807) is 0 Å². The van der Waals surface area contributed by atoms with Gasteiger partial charge in [0.05, 0.1) is 19.8 Å². The Hall–Kier alpha value is -1.76. The molecule has 0 aromatic carbocycles. The van der Waals surface area contributed by atoms with Crippen molar-refractivity contribution in [3.05, 3.63) is 12.2 Å². The van der Waals surface area contributed by atoms with Gasteiger partial charge in [-0.25, -0.2) is 0 Å². The van der Waals surface area contributed by atoms with E-state index in [1.807, 2.05) is 0 Å². The van der Waals surface area contributed by atoms with Gasteiger partial charge >= 0.3 is 11.9 Å². The third-order valence-corrected chi connectivity index (χ3v) is 14.0. The van der Waals surface area contributed by atoms with Gasteiger partial charge in [-0.15, -0.1) is 0 Å². The predicted molar refractivity (Wildman–Crippen MR) is 275 cm³/mol. The lowest BCUT2D eigenvalue weighted by Gasteiger charge is -2.42. The van der Waals surface area contributed by atoms with Gasteiger partial charge < -0.3 is 64.2 Å². The molecule has 0 aliphatic carbocycles. The van der Waals surface area contributed by atoms with Crippen LogP contribution in [0.3, 0.4) is 0 Å². The lowest BCUT2D eigenvalue weighted by molar-refractivity contribution is -0.332. The summed E-state index contributed by atoms with van der Waals surface area (Å²) in [5, 5.41) is 72.2. The molecule has 2 heterocycles. The number of carbonyl (C=O) groups excluding carboxylic acids is 2. The summed E-state index contributed by atoms with van der Waals surface area (Å²) in [6.07, 6.45) is 28.2. The molecule has 0 radical (unpaired) electrons. The van der Waals surface area contributed by atoms with Crippen molar-refractivity contribution >= 4 is 11.9 Å². The van der Waals surface area contributed by atoms with Crippen molar-refractivity contribution in [2.24, 2.45) is 0 Å². The molecule has 418 valence electrons. The number of esters is 2. The number of hydrogen-bond acceptors (Lipinski definition) is 15. The van der Waals surface area contributed by atoms with Crippen LogP contribution in [0.25, 0.3) is 0 Å². The maximum atomic E-state index is 13.0. The average molecular weight is 1020 g/mol. The second-order valence-electron chi connectivity index (χ2n) is 20.5. The zero-order chi connectivity index (χ0) is 51.7. The number of carbonyl (C=O) groups is 2. The minimum atomic E-state index is -1.76. The molecule has 2 rings (SSSR count). The minimum Gasteiger partial charge on any atom is -0.462 e. The molecule has 2 fully saturated rings. The number of unbranched alkanes of at least 4 members (excludes halogenated alkanes) is 30. The summed E-state index contributed by atoms with van der Waals surface area (Å²) >= 11 is 0. The van der Waals surface area contributed by atoms with E-state index in [0.29, 0.717) is 12.8 Å². The van der Waals surface area contributed by atoms with Gasteiger partial charge in [0.2, 0.25) is 0 Å². The first kappa shape index (κ1) is 65.4. The van der Waals surface area contributed by atoms with Crippen LogP contribution in [0.1, 0.15) is 239 Å². The van der Waals surface area contributed by atoms with E-state index in [9.17, 15) is 45.3 Å². The molecule has 0 spiro atoms. The molecule has 71 heavy (non-hydrogen) atoms. The number of rotatable bonds is 46. The van der Waals surface area contributed by atoms with Crippen LogP contribution < -0.4 is 0 Å². The Kier molecular flexibility index (Phi) is 40.0. The molecule has 15 nitrogen and oxygen atoms in total. The van der Waals surface area contributed by atoms with Crippen LogP contribution in [-0.2, 0) is 38.0 Å². The first-order valence-electron chi connectivity index (χ1n) is 28.8. The highest BCUT2D eigenvalue weighted by molar-refractivity contribution is 5.70. The molecule has 2 saturated heterocycles. The van der Waals surface area contributed by atoms with Gasteiger partial charge in [0.15, 0.2) is 18.7 Å². The molecule has 11 atom stereocenters. The lowest BCUT2D eigenvalue weighted by Crippen LogP contribution is -2.61. The average Bonchev–Trinajstić information content (AvgIpc) is 3.36. The van der Waals surface area contributed by atoms with Gasteiger partial charge in [-0.2, -0.15) is 0 Å². The van der Waals surface area contributed by atoms with Crippen molar-refractivity contribution < 1.29 is 73.8 Å². The maximum Gasteiger partial charge on any atom is 0.306 e. The smallest absolute Gasteiger partial charge is 0.306 e. The Balaban J connectivity index is 1.72. The Morgan fingerprint density at radius 3 is 1.25 bits per heavy atom. The fourth-order valence-electron chi connectivity index (χ4n) is 9.27. The lowest BCUT2D eigenvalue weighted by atomic mass is 9.98. The molecule has 0 saturated carbocycles. The summed E-state index contributed by atoms with van der Waals surface area (Å²) in [5.41, 5.74) is 0. The highest BCUT2D eigenvalue weighted by atomic mass is 16.7. The van der Waals surface area contributed by atoms with Crippen molar-refractivity contribution in [1.82, 2.24) is 0 Å². The molecular weight excluding hydrogens is 913 g/mol. The summed E-state index contributed by atoms with van der Waals surface area (Å²) in [4.78, 5) is 25.8. The zero-order valence-corrected chi connectivity index (χ0v) is 44.5. The zero-order valence-electron chi connectivity index (χ0n) is 44.5. The number of ether oxygens (including phenoxy) is 6. The van der Waals surface area contributed by atoms with E-state index in [4.69, 9.17) is 28.4 Å². The molecule has 0 aromatic heterocycles. The highest BCUT2D eigenvalue weighted by Gasteiger charge is 2.47. The molecule has 2 aliphatic heterocycles. The number of allylic oxidation sites excluding steroid dienone is 2. The van der Waals surface area contributed by atoms with Gasteiger partial charge in [0, 0.05) is 12.8 Å². The van der Waals surface area contributed by atoms with E-state index in [2.05, 4.69) is 26.0 Å². The Morgan fingerprint density at radius 1 is 0.437 bits per heavy atom. The number of aliphatic hydroxyl groups is 7. The molecular formula is C56H104O15. The Morgan fingerprint density at radius 2 is 0.803 bits per heavy atom. The van der Waals surface area contributed by atoms with Crippen LogP contribution in [0.15, 0.2) is 12.2 Å². The topological polar surface area (TPSA) is 231 Å². The van der Waals surface area contributed by atoms with Crippen LogP contribution in [-0.4, -0.2) is 142 Å². The second-order valence-corrected chi connectivity index (χ2v) is 20.5. The molecule has 2 aliphatic rings. The summed E-state index contributed by atoms with van der Waals surface area (Å²) in [7, 11) is 0. The number of hydrogen-bond donors (Lipinski definition) is 7. The monoisotopic (exact) mass is 1020 g/mol. The van der Waals surface area contributed by atoms with Crippen LogP contribution in [0, 0.1) is 0 Å². The first-order valence-corrected chi connectivity index (χ1v) is 28.8. The minimum absolute atomic E-state index is 0.149. The third-order valence-electron chi connectivity index (χ3n) is 14.0. The molecule has 0 bridgehead atoms. The standard InChI is InChI=1S/C56H104O15/c1-3-5-7-9-11-13-15-17-18-19-20-21-22-23-24-25-27-28-30-32-34-36-38-47(58)66-41-44(69-48(59)39-37-35-33-31-29-26-16-14-12-10-8-6-4-2)42-67-55-54(65)52(63)50(61)46(71-55)43-68-56-53(64)51(62)49(60)45(40-57)70-56/h26,29,44-46,49-57,60-65H,3-25,27-28,30-43H2,1-2H3/b29-26+/t44-,45+,46+,49-,50-,51?,52?,53?,54?,55+,56+/m0/s1. The van der Waals surface area contributed by atoms with Crippen LogP contribution in [0.5, 0.6) is 0 Å². The van der Waals surface area contributed by atoms with Crippen molar-refractivity contribution in [3.63, 3.8) is 0 Å².